The Labute approximate surface area is 162 Å². The quantitative estimate of drug-likeness (QED) is 0.603. The number of rotatable bonds is 10. The second-order valence-electron chi connectivity index (χ2n) is 6.67. The zero-order valence-electron chi connectivity index (χ0n) is 16.0. The first-order valence-corrected chi connectivity index (χ1v) is 10.8. The maximum atomic E-state index is 12.5. The van der Waals surface area contributed by atoms with Crippen LogP contribution in [0.2, 0.25) is 0 Å². The van der Waals surface area contributed by atoms with Crippen LogP contribution in [0.3, 0.4) is 0 Å². The number of aryl methyl sites for hydroxylation is 2. The molecular formula is C21H28N2O3S. The maximum Gasteiger partial charge on any atom is 0.261 e. The Morgan fingerprint density at radius 3 is 2.26 bits per heavy atom. The van der Waals surface area contributed by atoms with E-state index >= 15 is 0 Å². The van der Waals surface area contributed by atoms with Crippen molar-refractivity contribution < 1.29 is 13.2 Å². The fourth-order valence-corrected chi connectivity index (χ4v) is 3.68. The van der Waals surface area contributed by atoms with Gasteiger partial charge in [-0.15, -0.1) is 0 Å². The predicted molar refractivity (Wildman–Crippen MR) is 109 cm³/mol. The van der Waals surface area contributed by atoms with Crippen molar-refractivity contribution in [2.45, 2.75) is 50.8 Å². The Bertz CT molecular complexity index is 829. The van der Waals surface area contributed by atoms with Crippen molar-refractivity contribution >= 4 is 21.6 Å². The van der Waals surface area contributed by atoms with E-state index in [2.05, 4.69) is 17.0 Å². The number of hydrogen-bond acceptors (Lipinski definition) is 3. The normalized spacial score (nSPS) is 11.2. The van der Waals surface area contributed by atoms with Crippen LogP contribution in [0, 0.1) is 6.92 Å². The molecule has 0 saturated heterocycles. The molecule has 2 aromatic carbocycles. The van der Waals surface area contributed by atoms with Crippen LogP contribution < -0.4 is 10.0 Å². The van der Waals surface area contributed by atoms with Gasteiger partial charge in [0.05, 0.1) is 4.90 Å². The summed E-state index contributed by atoms with van der Waals surface area (Å²) in [7, 11) is -3.62. The third-order valence-electron chi connectivity index (χ3n) is 4.28. The summed E-state index contributed by atoms with van der Waals surface area (Å²) in [6.45, 7) is 4.79. The minimum absolute atomic E-state index is 0.0313. The lowest BCUT2D eigenvalue weighted by molar-refractivity contribution is -0.121. The third-order valence-corrected chi connectivity index (χ3v) is 5.68. The SMILES string of the molecule is CCCCCNC(=O)CCc1ccc(S(=O)(=O)Nc2ccc(C)cc2)cc1. The molecule has 0 atom stereocenters. The molecule has 0 saturated carbocycles. The molecule has 0 unspecified atom stereocenters. The average Bonchev–Trinajstić information content (AvgIpc) is 2.65. The Morgan fingerprint density at radius 1 is 0.963 bits per heavy atom. The summed E-state index contributed by atoms with van der Waals surface area (Å²) in [5.74, 6) is 0.0313. The molecule has 0 aliphatic heterocycles. The number of carbonyl (C=O) groups excluding carboxylic acids is 1. The van der Waals surface area contributed by atoms with E-state index in [0.29, 0.717) is 25.1 Å². The van der Waals surface area contributed by atoms with Gasteiger partial charge in [0.25, 0.3) is 10.0 Å². The molecule has 5 nitrogen and oxygen atoms in total. The fraction of sp³-hybridized carbons (Fsp3) is 0.381. The maximum absolute atomic E-state index is 12.5. The van der Waals surface area contributed by atoms with Crippen molar-refractivity contribution in [3.8, 4) is 0 Å². The molecule has 2 rings (SSSR count). The average molecular weight is 389 g/mol. The summed E-state index contributed by atoms with van der Waals surface area (Å²) >= 11 is 0. The smallest absolute Gasteiger partial charge is 0.261 e. The van der Waals surface area contributed by atoms with Crippen molar-refractivity contribution in [3.05, 3.63) is 59.7 Å². The van der Waals surface area contributed by atoms with E-state index in [1.807, 2.05) is 19.1 Å². The van der Waals surface area contributed by atoms with Gasteiger partial charge in [-0.25, -0.2) is 8.42 Å². The highest BCUT2D eigenvalue weighted by Gasteiger charge is 2.14. The van der Waals surface area contributed by atoms with E-state index in [0.717, 1.165) is 30.4 Å². The summed E-state index contributed by atoms with van der Waals surface area (Å²) in [4.78, 5) is 12.0. The van der Waals surface area contributed by atoms with E-state index in [9.17, 15) is 13.2 Å². The summed E-state index contributed by atoms with van der Waals surface area (Å²) in [6, 6.07) is 13.8. The molecular weight excluding hydrogens is 360 g/mol. The molecule has 0 bridgehead atoms. The van der Waals surface area contributed by atoms with Crippen molar-refractivity contribution in [1.82, 2.24) is 5.32 Å². The lowest BCUT2D eigenvalue weighted by atomic mass is 10.1. The van der Waals surface area contributed by atoms with E-state index in [1.54, 1.807) is 36.4 Å². The zero-order valence-corrected chi connectivity index (χ0v) is 16.8. The summed E-state index contributed by atoms with van der Waals surface area (Å²) in [5.41, 5.74) is 2.54. The van der Waals surface area contributed by atoms with Gasteiger partial charge in [-0.3, -0.25) is 9.52 Å². The first-order chi connectivity index (χ1) is 12.9. The van der Waals surface area contributed by atoms with Gasteiger partial charge in [0.1, 0.15) is 0 Å². The van der Waals surface area contributed by atoms with Gasteiger partial charge in [-0.2, -0.15) is 0 Å². The lowest BCUT2D eigenvalue weighted by Gasteiger charge is -2.09. The number of nitrogens with one attached hydrogen (secondary N) is 2. The molecule has 0 spiro atoms. The predicted octanol–water partition coefficient (Wildman–Crippen LogP) is 4.03. The van der Waals surface area contributed by atoms with Crippen LogP contribution in [0.5, 0.6) is 0 Å². The molecule has 0 aromatic heterocycles. The van der Waals surface area contributed by atoms with Gasteiger partial charge < -0.3 is 5.32 Å². The lowest BCUT2D eigenvalue weighted by Crippen LogP contribution is -2.24. The first kappa shape index (κ1) is 21.0. The van der Waals surface area contributed by atoms with Crippen molar-refractivity contribution in [2.75, 3.05) is 11.3 Å². The molecule has 6 heteroatoms. The fourth-order valence-electron chi connectivity index (χ4n) is 2.62. The van der Waals surface area contributed by atoms with Gasteiger partial charge in [0, 0.05) is 18.7 Å². The van der Waals surface area contributed by atoms with E-state index in [-0.39, 0.29) is 10.8 Å². The highest BCUT2D eigenvalue weighted by molar-refractivity contribution is 7.92. The molecule has 2 aromatic rings. The minimum Gasteiger partial charge on any atom is -0.356 e. The summed E-state index contributed by atoms with van der Waals surface area (Å²) in [5, 5.41) is 2.91. The van der Waals surface area contributed by atoms with Crippen LogP contribution in [-0.4, -0.2) is 20.9 Å². The Balaban J connectivity index is 1.88. The standard InChI is InChI=1S/C21H28N2O3S/c1-3-4-5-16-22-21(24)15-10-18-8-13-20(14-9-18)27(25,26)23-19-11-6-17(2)7-12-19/h6-9,11-14,23H,3-5,10,15-16H2,1-2H3,(H,22,24). The monoisotopic (exact) mass is 388 g/mol. The van der Waals surface area contributed by atoms with E-state index in [1.165, 1.54) is 0 Å². The second-order valence-corrected chi connectivity index (χ2v) is 8.35. The second kappa shape index (κ2) is 10.1. The largest absolute Gasteiger partial charge is 0.356 e. The van der Waals surface area contributed by atoms with Crippen LogP contribution in [0.15, 0.2) is 53.4 Å². The molecule has 0 aliphatic rings. The van der Waals surface area contributed by atoms with Crippen LogP contribution in [0.4, 0.5) is 5.69 Å². The Kier molecular flexibility index (Phi) is 7.85. The highest BCUT2D eigenvalue weighted by atomic mass is 32.2. The van der Waals surface area contributed by atoms with Gasteiger partial charge in [-0.1, -0.05) is 49.6 Å². The number of sulfonamides is 1. The van der Waals surface area contributed by atoms with Crippen LogP contribution in [0.25, 0.3) is 0 Å². The van der Waals surface area contributed by atoms with Gasteiger partial charge in [0.2, 0.25) is 5.91 Å². The number of benzene rings is 2. The molecule has 0 radical (unpaired) electrons. The first-order valence-electron chi connectivity index (χ1n) is 9.36. The summed E-state index contributed by atoms with van der Waals surface area (Å²) < 4.78 is 27.5. The number of amides is 1. The Hall–Kier alpha value is -2.34. The third kappa shape index (κ3) is 7.06. The molecule has 0 aliphatic carbocycles. The summed E-state index contributed by atoms with van der Waals surface area (Å²) in [6.07, 6.45) is 4.24. The topological polar surface area (TPSA) is 75.3 Å². The van der Waals surface area contributed by atoms with Gasteiger partial charge in [0.15, 0.2) is 0 Å². The van der Waals surface area contributed by atoms with Crippen molar-refractivity contribution in [1.29, 1.82) is 0 Å². The van der Waals surface area contributed by atoms with Crippen LogP contribution in [-0.2, 0) is 21.2 Å². The number of hydrogen-bond donors (Lipinski definition) is 2. The highest BCUT2D eigenvalue weighted by Crippen LogP contribution is 2.17. The molecule has 146 valence electrons. The van der Waals surface area contributed by atoms with E-state index in [4.69, 9.17) is 0 Å². The Morgan fingerprint density at radius 2 is 1.63 bits per heavy atom. The molecule has 0 fully saturated rings. The molecule has 0 heterocycles. The van der Waals surface area contributed by atoms with E-state index < -0.39 is 10.0 Å². The molecule has 1 amide bonds. The number of unbranched alkanes of at least 4 members (excludes halogenated alkanes) is 2. The van der Waals surface area contributed by atoms with Crippen LogP contribution in [0.1, 0.15) is 43.7 Å². The van der Waals surface area contributed by atoms with Gasteiger partial charge >= 0.3 is 0 Å². The van der Waals surface area contributed by atoms with Crippen molar-refractivity contribution in [3.63, 3.8) is 0 Å². The minimum atomic E-state index is -3.62. The number of carbonyl (C=O) groups is 1. The van der Waals surface area contributed by atoms with Crippen LogP contribution >= 0.6 is 0 Å². The molecule has 27 heavy (non-hydrogen) atoms. The zero-order chi connectivity index (χ0) is 19.7. The number of anilines is 1. The molecule has 2 N–H and O–H groups in total. The van der Waals surface area contributed by atoms with Crippen molar-refractivity contribution in [2.24, 2.45) is 0 Å². The van der Waals surface area contributed by atoms with Gasteiger partial charge in [-0.05, 0) is 49.6 Å².